The molecule has 0 aliphatic carbocycles. The Kier molecular flexibility index (Phi) is 10.7. The average molecular weight is 881 g/mol. The van der Waals surface area contributed by atoms with E-state index in [2.05, 4.69) is 78.5 Å². The van der Waals surface area contributed by atoms with Crippen molar-refractivity contribution >= 4 is 46.2 Å². The van der Waals surface area contributed by atoms with Gasteiger partial charge >= 0.3 is 0 Å². The van der Waals surface area contributed by atoms with E-state index in [-0.39, 0.29) is 25.9 Å². The Morgan fingerprint density at radius 2 is 1.58 bits per heavy atom. The van der Waals surface area contributed by atoms with Crippen molar-refractivity contribution in [3.8, 4) is 28.3 Å². The van der Waals surface area contributed by atoms with Gasteiger partial charge in [0.25, 0.3) is 0 Å². The zero-order chi connectivity index (χ0) is 35.9. The van der Waals surface area contributed by atoms with Gasteiger partial charge in [-0.05, 0) is 73.5 Å². The summed E-state index contributed by atoms with van der Waals surface area (Å²) in [5, 5.41) is 3.26. The first-order valence-corrected chi connectivity index (χ1v) is 20.9. The Balaban J connectivity index is 0.000000193. The molecule has 0 fully saturated rings. The summed E-state index contributed by atoms with van der Waals surface area (Å²) in [4.78, 5) is 14.1. The maximum absolute atomic E-state index is 13.8. The number of furan rings is 1. The van der Waals surface area contributed by atoms with Gasteiger partial charge in [-0.15, -0.1) is 54.1 Å². The number of benzene rings is 4. The van der Waals surface area contributed by atoms with Gasteiger partial charge < -0.3 is 14.0 Å². The molecule has 0 spiro atoms. The second kappa shape index (κ2) is 15.1. The van der Waals surface area contributed by atoms with Gasteiger partial charge in [0.1, 0.15) is 11.4 Å². The summed E-state index contributed by atoms with van der Waals surface area (Å²) in [6.45, 7) is 15.7. The standard InChI is InChI=1S/C26H17FN3O.C18H24NSi.Ir/c1-15-12-18(13-16(2)28-15)30-23-9-4-3-8-22(23)29-26(30)21-7-5-6-20-19-11-10-17(27)14-24(19)31-25(20)21;1-14(2)11-16-12-17(15-9-7-6-8-10-15)19-13-18(16)20(3,4)5;/h3-6,8-14H,1-2H3;6-9,12-14H,11H2,1-5H3;/q2*-1;. The van der Waals surface area contributed by atoms with Crippen molar-refractivity contribution in [1.82, 2.24) is 19.5 Å². The zero-order valence-electron chi connectivity index (χ0n) is 30.5. The average Bonchev–Trinajstić information content (AvgIpc) is 3.66. The Morgan fingerprint density at radius 3 is 2.29 bits per heavy atom. The quantitative estimate of drug-likeness (QED) is 0.123. The van der Waals surface area contributed by atoms with Gasteiger partial charge in [0.15, 0.2) is 0 Å². The van der Waals surface area contributed by atoms with Crippen molar-refractivity contribution in [1.29, 1.82) is 0 Å². The molecule has 8 heteroatoms. The molecule has 4 aromatic heterocycles. The molecule has 0 saturated heterocycles. The Morgan fingerprint density at radius 1 is 0.827 bits per heavy atom. The van der Waals surface area contributed by atoms with E-state index in [1.165, 1.54) is 22.9 Å². The van der Waals surface area contributed by atoms with E-state index in [1.54, 1.807) is 6.07 Å². The monoisotopic (exact) mass is 881 g/mol. The van der Waals surface area contributed by atoms with E-state index in [9.17, 15) is 4.39 Å². The Bertz CT molecular complexity index is 2500. The minimum atomic E-state index is -1.34. The summed E-state index contributed by atoms with van der Waals surface area (Å²) < 4.78 is 22.0. The summed E-state index contributed by atoms with van der Waals surface area (Å²) in [5.41, 5.74) is 10.2. The van der Waals surface area contributed by atoms with Gasteiger partial charge in [0.05, 0.1) is 30.5 Å². The number of halogens is 1. The van der Waals surface area contributed by atoms with Gasteiger partial charge in [-0.3, -0.25) is 9.97 Å². The third-order valence-corrected chi connectivity index (χ3v) is 11.0. The molecule has 0 N–H and O–H groups in total. The van der Waals surface area contributed by atoms with Crippen molar-refractivity contribution in [2.45, 2.75) is 53.8 Å². The van der Waals surface area contributed by atoms with Crippen molar-refractivity contribution in [3.05, 3.63) is 138 Å². The number of pyridine rings is 2. The minimum Gasteiger partial charge on any atom is -0.500 e. The van der Waals surface area contributed by atoms with E-state index in [1.807, 2.05) is 80.6 Å². The molecule has 0 aliphatic heterocycles. The SMILES string of the molecule is CC(C)Cc1cc(-c2[c-]cccc2)ncc1[Si](C)(C)C.Cc1cc(-n2c(-c3[c-]ccc4c3oc3cc(F)ccc34)nc3ccccc32)cc(C)n1.[Ir]. The van der Waals surface area contributed by atoms with Crippen LogP contribution in [0, 0.1) is 37.7 Å². The first kappa shape index (κ1) is 37.0. The molecule has 265 valence electrons. The number of fused-ring (bicyclic) bond motifs is 4. The predicted octanol–water partition coefficient (Wildman–Crippen LogP) is 10.8. The van der Waals surface area contributed by atoms with Crippen LogP contribution in [0.2, 0.25) is 19.6 Å². The Labute approximate surface area is 319 Å². The second-order valence-electron chi connectivity index (χ2n) is 14.6. The minimum absolute atomic E-state index is 0. The number of nitrogens with zero attached hydrogens (tertiary/aromatic N) is 4. The molecule has 1 radical (unpaired) electrons. The number of rotatable bonds is 6. The fraction of sp³-hybridized carbons (Fsp3) is 0.205. The van der Waals surface area contributed by atoms with E-state index in [0.29, 0.717) is 17.1 Å². The molecule has 52 heavy (non-hydrogen) atoms. The van der Waals surface area contributed by atoms with Crippen molar-refractivity contribution in [2.75, 3.05) is 0 Å². The van der Waals surface area contributed by atoms with Crippen molar-refractivity contribution in [2.24, 2.45) is 5.92 Å². The van der Waals surface area contributed by atoms with Gasteiger partial charge in [0, 0.05) is 54.8 Å². The molecule has 4 heterocycles. The maximum Gasteiger partial charge on any atom is 0.126 e. The van der Waals surface area contributed by atoms with Gasteiger partial charge in [-0.2, -0.15) is 0 Å². The van der Waals surface area contributed by atoms with Crippen LogP contribution in [-0.2, 0) is 26.5 Å². The van der Waals surface area contributed by atoms with Gasteiger partial charge in [0.2, 0.25) is 0 Å². The van der Waals surface area contributed by atoms with Crippen LogP contribution in [0.3, 0.4) is 0 Å². The molecule has 0 saturated carbocycles. The molecule has 8 rings (SSSR count). The summed E-state index contributed by atoms with van der Waals surface area (Å²) in [5.74, 6) is 1.06. The Hall–Kier alpha value is -4.75. The van der Waals surface area contributed by atoms with E-state index < -0.39 is 8.07 Å². The second-order valence-corrected chi connectivity index (χ2v) is 19.6. The number of aryl methyl sites for hydroxylation is 2. The van der Waals surface area contributed by atoms with Gasteiger partial charge in [-0.1, -0.05) is 68.2 Å². The molecular weight excluding hydrogens is 840 g/mol. The van der Waals surface area contributed by atoms with Crippen molar-refractivity contribution in [3.63, 3.8) is 0 Å². The molecular formula is C44H41FIrN4OSi-2. The number of hydrogen-bond acceptors (Lipinski definition) is 4. The van der Waals surface area contributed by atoms with E-state index in [4.69, 9.17) is 9.40 Å². The number of aromatic nitrogens is 4. The van der Waals surface area contributed by atoms with E-state index >= 15 is 0 Å². The van der Waals surface area contributed by atoms with E-state index in [0.717, 1.165) is 67.9 Å². The fourth-order valence-corrected chi connectivity index (χ4v) is 8.35. The summed E-state index contributed by atoms with van der Waals surface area (Å²) in [6.07, 6.45) is 3.24. The molecule has 5 nitrogen and oxygen atoms in total. The molecule has 8 aromatic rings. The van der Waals surface area contributed by atoms with Crippen molar-refractivity contribution < 1.29 is 28.9 Å². The van der Waals surface area contributed by atoms with Crippen LogP contribution in [0.15, 0.2) is 108 Å². The smallest absolute Gasteiger partial charge is 0.126 e. The third kappa shape index (κ3) is 7.56. The largest absolute Gasteiger partial charge is 0.500 e. The molecule has 0 amide bonds. The first-order chi connectivity index (χ1) is 24.5. The summed E-state index contributed by atoms with van der Waals surface area (Å²) in [7, 11) is -1.34. The van der Waals surface area contributed by atoms with Crippen LogP contribution in [0.5, 0.6) is 0 Å². The fourth-order valence-electron chi connectivity index (χ4n) is 6.76. The first-order valence-electron chi connectivity index (χ1n) is 17.4. The topological polar surface area (TPSA) is 56.7 Å². The zero-order valence-corrected chi connectivity index (χ0v) is 33.9. The molecule has 0 bridgehead atoms. The van der Waals surface area contributed by atoms with Crippen LogP contribution >= 0.6 is 0 Å². The molecule has 0 unspecified atom stereocenters. The summed E-state index contributed by atoms with van der Waals surface area (Å²) >= 11 is 0. The normalized spacial score (nSPS) is 11.6. The summed E-state index contributed by atoms with van der Waals surface area (Å²) in [6, 6.07) is 37.4. The molecule has 4 aromatic carbocycles. The maximum atomic E-state index is 13.8. The van der Waals surface area contributed by atoms with Gasteiger partial charge in [-0.25, -0.2) is 4.39 Å². The predicted molar refractivity (Wildman–Crippen MR) is 210 cm³/mol. The van der Waals surface area contributed by atoms with Crippen LogP contribution in [-0.4, -0.2) is 27.6 Å². The third-order valence-electron chi connectivity index (χ3n) is 8.91. The van der Waals surface area contributed by atoms with Crippen LogP contribution in [0.4, 0.5) is 4.39 Å². The molecule has 0 atom stereocenters. The van der Waals surface area contributed by atoms with Crippen LogP contribution in [0.25, 0.3) is 61.3 Å². The number of para-hydroxylation sites is 2. The molecule has 0 aliphatic rings. The van der Waals surface area contributed by atoms with Crippen LogP contribution in [0.1, 0.15) is 30.8 Å². The van der Waals surface area contributed by atoms with Crippen LogP contribution < -0.4 is 5.19 Å². The number of hydrogen-bond donors (Lipinski definition) is 0. The number of imidazole rings is 1.